The van der Waals surface area contributed by atoms with E-state index in [-0.39, 0.29) is 5.92 Å². The van der Waals surface area contributed by atoms with Gasteiger partial charge in [0.2, 0.25) is 0 Å². The summed E-state index contributed by atoms with van der Waals surface area (Å²) in [4.78, 5) is 27.8. The fourth-order valence-corrected chi connectivity index (χ4v) is 3.85. The van der Waals surface area contributed by atoms with Crippen LogP contribution >= 0.6 is 0 Å². The van der Waals surface area contributed by atoms with Crippen molar-refractivity contribution < 1.29 is 19.1 Å². The molecule has 1 aliphatic carbocycles. The minimum absolute atomic E-state index is 0.0482. The molecule has 6 nitrogen and oxygen atoms in total. The molecule has 0 spiro atoms. The van der Waals surface area contributed by atoms with Gasteiger partial charge in [-0.15, -0.1) is 0 Å². The lowest BCUT2D eigenvalue weighted by Gasteiger charge is -2.14. The highest BCUT2D eigenvalue weighted by atomic mass is 16.5. The van der Waals surface area contributed by atoms with Crippen molar-refractivity contribution in [2.75, 3.05) is 20.3 Å². The molecule has 1 aliphatic rings. The van der Waals surface area contributed by atoms with Crippen LogP contribution in [0.4, 0.5) is 4.79 Å². The molecule has 1 amide bonds. The topological polar surface area (TPSA) is 77.5 Å². The number of ether oxygens (including phenoxy) is 2. The van der Waals surface area contributed by atoms with Crippen LogP contribution in [0.5, 0.6) is 0 Å². The summed E-state index contributed by atoms with van der Waals surface area (Å²) in [5.41, 5.74) is 5.91. The van der Waals surface area contributed by atoms with Gasteiger partial charge in [0.1, 0.15) is 6.61 Å². The van der Waals surface area contributed by atoms with Gasteiger partial charge in [0.25, 0.3) is 0 Å². The first-order valence-electron chi connectivity index (χ1n) is 10.5. The Bertz CT molecular complexity index is 1090. The number of esters is 1. The van der Waals surface area contributed by atoms with E-state index in [2.05, 4.69) is 39.3 Å². The second-order valence-electron chi connectivity index (χ2n) is 7.41. The van der Waals surface area contributed by atoms with Gasteiger partial charge < -0.3 is 14.8 Å². The third-order valence-electron chi connectivity index (χ3n) is 5.42. The van der Waals surface area contributed by atoms with Gasteiger partial charge in [0.05, 0.1) is 18.4 Å². The van der Waals surface area contributed by atoms with Crippen molar-refractivity contribution in [3.8, 4) is 11.1 Å². The van der Waals surface area contributed by atoms with E-state index in [9.17, 15) is 9.59 Å². The van der Waals surface area contributed by atoms with Crippen LogP contribution in [0, 0.1) is 0 Å². The van der Waals surface area contributed by atoms with Crippen molar-refractivity contribution in [2.24, 2.45) is 0 Å². The Morgan fingerprint density at radius 1 is 1.00 bits per heavy atom. The molecule has 3 aromatic rings. The standard InChI is InChI=1S/C26H24N2O4/c1-31-25(29)18-13-14-19(28-16-18)8-6-7-15-27-26(30)32-17-24-22-11-4-2-9-20(22)21-10-3-5-12-23(21)24/h2-6,8-14,16,24H,7,15,17H2,1H3,(H,27,30). The van der Waals surface area contributed by atoms with Crippen molar-refractivity contribution in [2.45, 2.75) is 12.3 Å². The van der Waals surface area contributed by atoms with Crippen molar-refractivity contribution in [1.29, 1.82) is 0 Å². The molecule has 162 valence electrons. The van der Waals surface area contributed by atoms with E-state index >= 15 is 0 Å². The van der Waals surface area contributed by atoms with Gasteiger partial charge in [-0.05, 0) is 46.9 Å². The number of amides is 1. The molecule has 2 aromatic carbocycles. The second kappa shape index (κ2) is 9.92. The quantitative estimate of drug-likeness (QED) is 0.432. The molecular formula is C26H24N2O4. The van der Waals surface area contributed by atoms with Crippen molar-refractivity contribution in [3.05, 3.63) is 95.3 Å². The molecule has 1 aromatic heterocycles. The van der Waals surface area contributed by atoms with Gasteiger partial charge in [0, 0.05) is 18.7 Å². The number of benzene rings is 2. The molecule has 32 heavy (non-hydrogen) atoms. The highest BCUT2D eigenvalue weighted by Crippen LogP contribution is 2.44. The Morgan fingerprint density at radius 3 is 2.31 bits per heavy atom. The number of alkyl carbamates (subject to hydrolysis) is 1. The zero-order valence-electron chi connectivity index (χ0n) is 17.8. The van der Waals surface area contributed by atoms with Crippen LogP contribution in [0.2, 0.25) is 0 Å². The van der Waals surface area contributed by atoms with Gasteiger partial charge >= 0.3 is 12.1 Å². The molecule has 0 saturated carbocycles. The smallest absolute Gasteiger partial charge is 0.407 e. The van der Waals surface area contributed by atoms with E-state index < -0.39 is 12.1 Å². The summed E-state index contributed by atoms with van der Waals surface area (Å²) in [7, 11) is 1.33. The lowest BCUT2D eigenvalue weighted by molar-refractivity contribution is 0.0600. The van der Waals surface area contributed by atoms with Crippen LogP contribution < -0.4 is 5.32 Å². The van der Waals surface area contributed by atoms with Crippen LogP contribution in [0.15, 0.2) is 72.9 Å². The monoisotopic (exact) mass is 428 g/mol. The molecule has 6 heteroatoms. The Kier molecular flexibility index (Phi) is 6.60. The van der Waals surface area contributed by atoms with Crippen molar-refractivity contribution in [3.63, 3.8) is 0 Å². The number of carbonyl (C=O) groups is 2. The molecule has 0 bridgehead atoms. The number of nitrogens with one attached hydrogen (secondary N) is 1. The minimum Gasteiger partial charge on any atom is -0.465 e. The molecular weight excluding hydrogens is 404 g/mol. The Hall–Kier alpha value is -3.93. The summed E-state index contributed by atoms with van der Waals surface area (Å²) < 4.78 is 10.2. The largest absolute Gasteiger partial charge is 0.465 e. The zero-order valence-corrected chi connectivity index (χ0v) is 17.8. The van der Waals surface area contributed by atoms with Crippen LogP contribution in [0.3, 0.4) is 0 Å². The maximum absolute atomic E-state index is 12.2. The van der Waals surface area contributed by atoms with Crippen LogP contribution in [-0.4, -0.2) is 37.3 Å². The zero-order chi connectivity index (χ0) is 22.3. The minimum atomic E-state index is -0.430. The van der Waals surface area contributed by atoms with E-state index in [0.29, 0.717) is 25.1 Å². The predicted molar refractivity (Wildman–Crippen MR) is 122 cm³/mol. The third-order valence-corrected chi connectivity index (χ3v) is 5.42. The molecule has 0 fully saturated rings. The van der Waals surface area contributed by atoms with Gasteiger partial charge in [0.15, 0.2) is 0 Å². The summed E-state index contributed by atoms with van der Waals surface area (Å²) in [5.74, 6) is -0.368. The average Bonchev–Trinajstić information content (AvgIpc) is 3.16. The molecule has 1 heterocycles. The fourth-order valence-electron chi connectivity index (χ4n) is 3.85. The molecule has 0 saturated heterocycles. The van der Waals surface area contributed by atoms with Crippen molar-refractivity contribution >= 4 is 18.1 Å². The Morgan fingerprint density at radius 2 is 1.69 bits per heavy atom. The van der Waals surface area contributed by atoms with Crippen molar-refractivity contribution in [1.82, 2.24) is 10.3 Å². The number of carbonyl (C=O) groups excluding carboxylic acids is 2. The summed E-state index contributed by atoms with van der Waals surface area (Å²) in [6, 6.07) is 19.9. The highest BCUT2D eigenvalue weighted by molar-refractivity contribution is 5.89. The second-order valence-corrected chi connectivity index (χ2v) is 7.41. The molecule has 4 rings (SSSR count). The number of methoxy groups -OCH3 is 1. The highest BCUT2D eigenvalue weighted by Gasteiger charge is 2.28. The lowest BCUT2D eigenvalue weighted by atomic mass is 9.98. The van der Waals surface area contributed by atoms with E-state index in [0.717, 1.165) is 5.69 Å². The first-order valence-corrected chi connectivity index (χ1v) is 10.5. The van der Waals surface area contributed by atoms with Gasteiger partial charge in [-0.3, -0.25) is 4.98 Å². The molecule has 0 radical (unpaired) electrons. The summed E-state index contributed by atoms with van der Waals surface area (Å²) in [6.07, 6.45) is 5.41. The molecule has 0 unspecified atom stereocenters. The van der Waals surface area contributed by atoms with Gasteiger partial charge in [-0.2, -0.15) is 0 Å². The van der Waals surface area contributed by atoms with Crippen LogP contribution in [0.1, 0.15) is 39.5 Å². The molecule has 1 N–H and O–H groups in total. The fraction of sp³-hybridized carbons (Fsp3) is 0.192. The number of hydrogen-bond acceptors (Lipinski definition) is 5. The number of aromatic nitrogens is 1. The maximum atomic E-state index is 12.2. The number of hydrogen-bond donors (Lipinski definition) is 1. The normalized spacial score (nSPS) is 12.3. The summed E-state index contributed by atoms with van der Waals surface area (Å²) in [6.45, 7) is 0.750. The number of fused-ring (bicyclic) bond motifs is 3. The SMILES string of the molecule is COC(=O)c1ccc(C=CCCNC(=O)OCC2c3ccccc3-c3ccccc32)nc1. The van der Waals surface area contributed by atoms with E-state index in [1.807, 2.05) is 36.4 Å². The number of nitrogens with zero attached hydrogens (tertiary/aromatic N) is 1. The average molecular weight is 428 g/mol. The van der Waals surface area contributed by atoms with Gasteiger partial charge in [-0.1, -0.05) is 54.6 Å². The summed E-state index contributed by atoms with van der Waals surface area (Å²) >= 11 is 0. The van der Waals surface area contributed by atoms with Gasteiger partial charge in [-0.25, -0.2) is 9.59 Å². The lowest BCUT2D eigenvalue weighted by Crippen LogP contribution is -2.26. The van der Waals surface area contributed by atoms with E-state index in [4.69, 9.17) is 4.74 Å². The maximum Gasteiger partial charge on any atom is 0.407 e. The molecule has 0 atom stereocenters. The Balaban J connectivity index is 1.24. The Labute approximate surface area is 186 Å². The van der Waals surface area contributed by atoms with Crippen LogP contribution in [-0.2, 0) is 9.47 Å². The molecule has 0 aliphatic heterocycles. The number of rotatable bonds is 7. The third kappa shape index (κ3) is 4.70. The van der Waals surface area contributed by atoms with E-state index in [1.54, 1.807) is 12.1 Å². The van der Waals surface area contributed by atoms with E-state index in [1.165, 1.54) is 35.6 Å². The predicted octanol–water partition coefficient (Wildman–Crippen LogP) is 4.81. The van der Waals surface area contributed by atoms with Crippen LogP contribution in [0.25, 0.3) is 17.2 Å². The first-order chi connectivity index (χ1) is 15.7. The number of pyridine rings is 1. The summed E-state index contributed by atoms with van der Waals surface area (Å²) in [5, 5.41) is 2.78. The first kappa shape index (κ1) is 21.3.